The van der Waals surface area contributed by atoms with Crippen molar-refractivity contribution in [2.24, 2.45) is 0 Å². The van der Waals surface area contributed by atoms with E-state index in [-0.39, 0.29) is 11.7 Å². The zero-order valence-corrected chi connectivity index (χ0v) is 21.4. The maximum Gasteiger partial charge on any atom is 0.414 e. The third kappa shape index (κ3) is 6.72. The number of carboxylic acid groups (broad SMARTS) is 2. The van der Waals surface area contributed by atoms with Crippen molar-refractivity contribution in [3.8, 4) is 0 Å². The third-order valence-corrected chi connectivity index (χ3v) is 8.12. The van der Waals surface area contributed by atoms with Crippen molar-refractivity contribution in [3.05, 3.63) is 51.1 Å². The molecular weight excluding hydrogens is 501 g/mol. The number of fused-ring (bicyclic) bond motifs is 2. The Balaban J connectivity index is 0.000000480. The van der Waals surface area contributed by atoms with Gasteiger partial charge in [-0.05, 0) is 75.5 Å². The number of amides is 1. The largest absolute Gasteiger partial charge is 0.473 e. The number of carbonyl (C=O) groups is 3. The molecule has 4 heterocycles. The number of thiophene rings is 1. The van der Waals surface area contributed by atoms with Crippen molar-refractivity contribution in [1.29, 1.82) is 0 Å². The van der Waals surface area contributed by atoms with E-state index in [1.165, 1.54) is 27.5 Å². The lowest BCUT2D eigenvalue weighted by atomic mass is 9.91. The third-order valence-electron chi connectivity index (χ3n) is 6.90. The molecule has 0 bridgehead atoms. The highest BCUT2D eigenvalue weighted by molar-refractivity contribution is 7.12. The summed E-state index contributed by atoms with van der Waals surface area (Å²) in [7, 11) is 0. The van der Waals surface area contributed by atoms with E-state index in [2.05, 4.69) is 16.1 Å². The summed E-state index contributed by atoms with van der Waals surface area (Å²) < 4.78 is 18.7. The molecule has 2 aliphatic heterocycles. The number of carbonyl (C=O) groups excluding carboxylic acids is 1. The molecule has 2 aliphatic rings. The maximum atomic E-state index is 13.4. The van der Waals surface area contributed by atoms with Crippen LogP contribution < -0.4 is 0 Å². The lowest BCUT2D eigenvalue weighted by Gasteiger charge is -2.31. The second kappa shape index (κ2) is 11.8. The van der Waals surface area contributed by atoms with E-state index in [0.717, 1.165) is 75.9 Å². The van der Waals surface area contributed by atoms with Gasteiger partial charge in [-0.25, -0.2) is 14.0 Å². The topological polar surface area (TPSA) is 124 Å². The van der Waals surface area contributed by atoms with Gasteiger partial charge >= 0.3 is 11.9 Å². The smallest absolute Gasteiger partial charge is 0.414 e. The fourth-order valence-corrected chi connectivity index (χ4v) is 6.18. The molecule has 0 spiro atoms. The van der Waals surface area contributed by atoms with Gasteiger partial charge in [-0.2, -0.15) is 0 Å². The second-order valence-electron chi connectivity index (χ2n) is 9.39. The van der Waals surface area contributed by atoms with Crippen molar-refractivity contribution in [3.63, 3.8) is 0 Å². The van der Waals surface area contributed by atoms with Crippen molar-refractivity contribution in [2.45, 2.75) is 51.5 Å². The van der Waals surface area contributed by atoms with Gasteiger partial charge in [0.1, 0.15) is 5.82 Å². The number of aliphatic carboxylic acids is 2. The van der Waals surface area contributed by atoms with Crippen LogP contribution in [0.2, 0.25) is 0 Å². The zero-order valence-electron chi connectivity index (χ0n) is 20.6. The molecule has 1 saturated heterocycles. The lowest BCUT2D eigenvalue weighted by Crippen LogP contribution is -2.34. The molecule has 37 heavy (non-hydrogen) atoms. The monoisotopic (exact) mass is 531 g/mol. The van der Waals surface area contributed by atoms with Crippen LogP contribution in [-0.4, -0.2) is 69.2 Å². The minimum absolute atomic E-state index is 0.176. The van der Waals surface area contributed by atoms with E-state index in [1.54, 1.807) is 13.0 Å². The van der Waals surface area contributed by atoms with Crippen LogP contribution in [-0.2, 0) is 33.8 Å². The number of hydrogen-bond donors (Lipinski definition) is 2. The van der Waals surface area contributed by atoms with Gasteiger partial charge in [0.25, 0.3) is 0 Å². The van der Waals surface area contributed by atoms with Gasteiger partial charge in [0, 0.05) is 40.6 Å². The van der Waals surface area contributed by atoms with E-state index in [9.17, 15) is 9.18 Å². The van der Waals surface area contributed by atoms with Gasteiger partial charge in [-0.1, -0.05) is 5.16 Å². The highest BCUT2D eigenvalue weighted by atomic mass is 32.1. The van der Waals surface area contributed by atoms with Gasteiger partial charge in [0.15, 0.2) is 5.58 Å². The van der Waals surface area contributed by atoms with E-state index in [1.807, 2.05) is 16.2 Å². The molecular formula is C26H30FN3O6S. The summed E-state index contributed by atoms with van der Waals surface area (Å²) in [5.41, 5.74) is 2.97. The first-order chi connectivity index (χ1) is 17.7. The Bertz CT molecular complexity index is 1270. The molecule has 0 unspecified atom stereocenters. The Labute approximate surface area is 217 Å². The molecule has 3 aromatic rings. The molecule has 2 N–H and O–H groups in total. The highest BCUT2D eigenvalue weighted by Crippen LogP contribution is 2.33. The molecule has 11 heteroatoms. The molecule has 1 amide bonds. The van der Waals surface area contributed by atoms with Crippen LogP contribution in [0.25, 0.3) is 11.0 Å². The number of piperidine rings is 1. The number of rotatable bonds is 5. The number of nitrogens with zero attached hydrogens (tertiary/aromatic N) is 3. The molecule has 0 radical (unpaired) electrons. The minimum Gasteiger partial charge on any atom is -0.473 e. The second-order valence-corrected chi connectivity index (χ2v) is 10.6. The fraction of sp³-hybridized carbons (Fsp3) is 0.462. The van der Waals surface area contributed by atoms with E-state index >= 15 is 0 Å². The van der Waals surface area contributed by atoms with Crippen LogP contribution in [0, 0.1) is 5.82 Å². The van der Waals surface area contributed by atoms with Gasteiger partial charge in [0.2, 0.25) is 5.91 Å². The summed E-state index contributed by atoms with van der Waals surface area (Å²) in [6, 6.07) is 7.06. The maximum absolute atomic E-state index is 13.4. The molecule has 5 rings (SSSR count). The Kier molecular flexibility index (Phi) is 8.55. The molecule has 198 valence electrons. The number of hydrogen-bond acceptors (Lipinski definition) is 7. The first kappa shape index (κ1) is 26.7. The van der Waals surface area contributed by atoms with Crippen LogP contribution in [0.1, 0.15) is 53.1 Å². The molecule has 0 atom stereocenters. The minimum atomic E-state index is -1.82. The van der Waals surface area contributed by atoms with Crippen LogP contribution in [0.4, 0.5) is 4.39 Å². The van der Waals surface area contributed by atoms with Gasteiger partial charge in [-0.3, -0.25) is 4.79 Å². The van der Waals surface area contributed by atoms with Crippen molar-refractivity contribution in [2.75, 3.05) is 26.2 Å². The summed E-state index contributed by atoms with van der Waals surface area (Å²) >= 11 is 1.89. The first-order valence-electron chi connectivity index (χ1n) is 12.3. The first-order valence-corrected chi connectivity index (χ1v) is 13.1. The molecule has 9 nitrogen and oxygen atoms in total. The summed E-state index contributed by atoms with van der Waals surface area (Å²) in [6.07, 6.45) is 5.38. The molecule has 0 aliphatic carbocycles. The summed E-state index contributed by atoms with van der Waals surface area (Å²) in [5.74, 6) is -3.37. The van der Waals surface area contributed by atoms with Crippen LogP contribution in [0.3, 0.4) is 0 Å². The number of likely N-dealkylation sites (tertiary alicyclic amines) is 1. The number of halogens is 1. The van der Waals surface area contributed by atoms with Gasteiger partial charge in [-0.15, -0.1) is 11.3 Å². The molecule has 0 saturated carbocycles. The lowest BCUT2D eigenvalue weighted by molar-refractivity contribution is -0.159. The molecule has 1 aromatic carbocycles. The Hall–Kier alpha value is -3.31. The van der Waals surface area contributed by atoms with E-state index in [0.29, 0.717) is 11.5 Å². The van der Waals surface area contributed by atoms with Crippen molar-refractivity contribution in [1.82, 2.24) is 15.0 Å². The number of aromatic nitrogens is 1. The molecule has 2 aromatic heterocycles. The summed E-state index contributed by atoms with van der Waals surface area (Å²) in [6.45, 7) is 6.53. The normalized spacial score (nSPS) is 16.2. The number of aryl methyl sites for hydroxylation is 1. The van der Waals surface area contributed by atoms with Crippen LogP contribution >= 0.6 is 11.3 Å². The Morgan fingerprint density at radius 1 is 1.14 bits per heavy atom. The number of carboxylic acids is 2. The Morgan fingerprint density at radius 3 is 2.54 bits per heavy atom. The van der Waals surface area contributed by atoms with E-state index in [4.69, 9.17) is 24.3 Å². The highest BCUT2D eigenvalue weighted by Gasteiger charge is 2.25. The SMILES string of the molecule is CC(=O)N1CCc2cc(CCCN3CCC(c4noc5cc(F)ccc45)CC3)sc2C1.O=C(O)C(=O)O. The van der Waals surface area contributed by atoms with Gasteiger partial charge in [0.05, 0.1) is 12.2 Å². The predicted octanol–water partition coefficient (Wildman–Crippen LogP) is 3.90. The predicted molar refractivity (Wildman–Crippen MR) is 135 cm³/mol. The average Bonchev–Trinajstić information content (AvgIpc) is 3.47. The quantitative estimate of drug-likeness (QED) is 0.475. The standard InChI is InChI=1S/C24H28FN3O2S.C2H2O4/c1-16(29)28-12-8-18-13-20(31-23(18)15-28)3-2-9-27-10-6-17(7-11-27)24-21-5-4-19(25)14-22(21)30-26-24;3-1(4)2(5)6/h4-5,13-14,17H,2-3,6-12,15H2,1H3;(H,3,4)(H,5,6). The summed E-state index contributed by atoms with van der Waals surface area (Å²) in [5, 5.41) is 20.0. The zero-order chi connectivity index (χ0) is 26.5. The Morgan fingerprint density at radius 2 is 1.86 bits per heavy atom. The van der Waals surface area contributed by atoms with Crippen LogP contribution in [0.15, 0.2) is 28.8 Å². The fourth-order valence-electron chi connectivity index (χ4n) is 4.91. The molecule has 1 fully saturated rings. The summed E-state index contributed by atoms with van der Waals surface area (Å²) in [4.78, 5) is 37.2. The number of benzene rings is 1. The van der Waals surface area contributed by atoms with Crippen LogP contribution in [0.5, 0.6) is 0 Å². The average molecular weight is 532 g/mol. The van der Waals surface area contributed by atoms with Crippen molar-refractivity contribution < 1.29 is 33.5 Å². The van der Waals surface area contributed by atoms with Gasteiger partial charge < -0.3 is 24.5 Å². The van der Waals surface area contributed by atoms with Crippen molar-refractivity contribution >= 4 is 40.2 Å². The van der Waals surface area contributed by atoms with E-state index < -0.39 is 11.9 Å².